The Morgan fingerprint density at radius 2 is 0.756 bits per heavy atom. The molecular formula is C40H30N4O. The molecule has 5 heterocycles. The SMILES string of the molecule is C1CCOC1.c1ccc2c(c1)c1ccccc1n2-c1ccnc2c1ccc1c(-n3c4ccccc4c4ccccc43)ccnc12. The van der Waals surface area contributed by atoms with Crippen molar-refractivity contribution >= 4 is 65.4 Å². The van der Waals surface area contributed by atoms with Crippen LogP contribution in [0.2, 0.25) is 0 Å². The molecule has 0 amide bonds. The first-order valence-electron chi connectivity index (χ1n) is 15.6. The second kappa shape index (κ2) is 10.6. The van der Waals surface area contributed by atoms with Gasteiger partial charge in [0.05, 0.1) is 44.5 Å². The van der Waals surface area contributed by atoms with Crippen LogP contribution >= 0.6 is 0 Å². The van der Waals surface area contributed by atoms with Gasteiger partial charge in [0, 0.05) is 57.9 Å². The van der Waals surface area contributed by atoms with Gasteiger partial charge in [0.2, 0.25) is 0 Å². The molecule has 1 saturated heterocycles. The Bertz CT molecular complexity index is 2250. The highest BCUT2D eigenvalue weighted by Crippen LogP contribution is 2.38. The first kappa shape index (κ1) is 25.9. The molecule has 9 aromatic rings. The maximum absolute atomic E-state index is 4.94. The van der Waals surface area contributed by atoms with E-state index in [1.807, 2.05) is 12.4 Å². The van der Waals surface area contributed by atoms with Gasteiger partial charge in [-0.15, -0.1) is 0 Å². The van der Waals surface area contributed by atoms with Gasteiger partial charge in [-0.05, 0) is 61.4 Å². The summed E-state index contributed by atoms with van der Waals surface area (Å²) >= 11 is 0. The van der Waals surface area contributed by atoms with E-state index in [0.29, 0.717) is 0 Å². The number of rotatable bonds is 2. The van der Waals surface area contributed by atoms with E-state index in [-0.39, 0.29) is 0 Å². The van der Waals surface area contributed by atoms with Crippen molar-refractivity contribution in [3.05, 3.63) is 134 Å². The number of ether oxygens (including phenoxy) is 1. The molecule has 0 unspecified atom stereocenters. The van der Waals surface area contributed by atoms with Crippen molar-refractivity contribution in [2.75, 3.05) is 13.2 Å². The molecule has 1 aliphatic heterocycles. The predicted molar refractivity (Wildman–Crippen MR) is 186 cm³/mol. The number of fused-ring (bicyclic) bond motifs is 9. The van der Waals surface area contributed by atoms with E-state index in [4.69, 9.17) is 14.7 Å². The van der Waals surface area contributed by atoms with Gasteiger partial charge in [-0.3, -0.25) is 9.97 Å². The Labute approximate surface area is 259 Å². The smallest absolute Gasteiger partial charge is 0.0986 e. The van der Waals surface area contributed by atoms with E-state index >= 15 is 0 Å². The molecule has 0 bridgehead atoms. The van der Waals surface area contributed by atoms with E-state index in [2.05, 4.69) is 130 Å². The molecule has 0 saturated carbocycles. The van der Waals surface area contributed by atoms with Crippen LogP contribution in [0.15, 0.2) is 134 Å². The number of nitrogens with zero attached hydrogens (tertiary/aromatic N) is 4. The lowest BCUT2D eigenvalue weighted by Gasteiger charge is -2.14. The molecule has 10 rings (SSSR count). The highest BCUT2D eigenvalue weighted by atomic mass is 16.5. The summed E-state index contributed by atoms with van der Waals surface area (Å²) in [5, 5.41) is 7.14. The van der Waals surface area contributed by atoms with Crippen LogP contribution in [0.3, 0.4) is 0 Å². The van der Waals surface area contributed by atoms with Crippen LogP contribution < -0.4 is 0 Å². The summed E-state index contributed by atoms with van der Waals surface area (Å²) in [6.07, 6.45) is 6.38. The lowest BCUT2D eigenvalue weighted by atomic mass is 10.1. The zero-order valence-corrected chi connectivity index (χ0v) is 24.7. The average Bonchev–Trinajstić information content (AvgIpc) is 3.86. The van der Waals surface area contributed by atoms with Crippen LogP contribution in [0.5, 0.6) is 0 Å². The summed E-state index contributed by atoms with van der Waals surface area (Å²) in [4.78, 5) is 9.80. The van der Waals surface area contributed by atoms with Crippen molar-refractivity contribution in [1.29, 1.82) is 0 Å². The Kier molecular flexibility index (Phi) is 6.10. The lowest BCUT2D eigenvalue weighted by molar-refractivity contribution is 0.198. The van der Waals surface area contributed by atoms with Gasteiger partial charge >= 0.3 is 0 Å². The first-order chi connectivity index (χ1) is 22.4. The van der Waals surface area contributed by atoms with Gasteiger partial charge in [0.25, 0.3) is 0 Å². The van der Waals surface area contributed by atoms with Gasteiger partial charge in [-0.1, -0.05) is 72.8 Å². The van der Waals surface area contributed by atoms with Crippen LogP contribution in [-0.2, 0) is 4.74 Å². The van der Waals surface area contributed by atoms with Crippen LogP contribution in [0.25, 0.3) is 76.8 Å². The fourth-order valence-electron chi connectivity index (χ4n) is 7.06. The van der Waals surface area contributed by atoms with Gasteiger partial charge in [-0.25, -0.2) is 0 Å². The van der Waals surface area contributed by atoms with E-state index in [9.17, 15) is 0 Å². The Morgan fingerprint density at radius 1 is 0.400 bits per heavy atom. The Morgan fingerprint density at radius 3 is 1.09 bits per heavy atom. The number of para-hydroxylation sites is 4. The molecule has 216 valence electrons. The topological polar surface area (TPSA) is 44.9 Å². The summed E-state index contributed by atoms with van der Waals surface area (Å²) < 4.78 is 9.66. The third-order valence-corrected chi connectivity index (χ3v) is 9.04. The number of pyridine rings is 2. The first-order valence-corrected chi connectivity index (χ1v) is 15.6. The summed E-state index contributed by atoms with van der Waals surface area (Å²) in [6, 6.07) is 43.1. The number of hydrogen-bond donors (Lipinski definition) is 0. The number of aromatic nitrogens is 4. The van der Waals surface area contributed by atoms with Crippen LogP contribution in [-0.4, -0.2) is 32.3 Å². The lowest BCUT2D eigenvalue weighted by Crippen LogP contribution is -1.99. The third kappa shape index (κ3) is 4.05. The minimum atomic E-state index is 0.902. The van der Waals surface area contributed by atoms with Crippen molar-refractivity contribution in [1.82, 2.24) is 19.1 Å². The van der Waals surface area contributed by atoms with Crippen LogP contribution in [0, 0.1) is 0 Å². The summed E-state index contributed by atoms with van der Waals surface area (Å²) in [5.74, 6) is 0. The molecular weight excluding hydrogens is 552 g/mol. The van der Waals surface area contributed by atoms with Crippen molar-refractivity contribution in [3.63, 3.8) is 0 Å². The Balaban J connectivity index is 0.000000515. The van der Waals surface area contributed by atoms with Crippen LogP contribution in [0.1, 0.15) is 12.8 Å². The van der Waals surface area contributed by atoms with E-state index in [0.717, 1.165) is 46.4 Å². The monoisotopic (exact) mass is 582 g/mol. The molecule has 1 aliphatic rings. The number of benzene rings is 5. The van der Waals surface area contributed by atoms with Crippen molar-refractivity contribution in [2.24, 2.45) is 0 Å². The minimum Gasteiger partial charge on any atom is -0.381 e. The van der Waals surface area contributed by atoms with Gasteiger partial charge in [-0.2, -0.15) is 0 Å². The standard InChI is InChI=1S/C36H22N4.C4H8O/c1-5-13-29-23(9-1)24-10-2-6-14-30(24)39(29)33-19-21-37-35-27(33)17-18-28-34(20-22-38-36(28)35)40-31-15-7-3-11-25(31)26-12-4-8-16-32(26)40;1-2-4-5-3-1/h1-22H;1-4H2. The van der Waals surface area contributed by atoms with Crippen molar-refractivity contribution in [2.45, 2.75) is 12.8 Å². The second-order valence-electron chi connectivity index (χ2n) is 11.6. The van der Waals surface area contributed by atoms with Crippen molar-refractivity contribution in [3.8, 4) is 11.4 Å². The maximum Gasteiger partial charge on any atom is 0.0986 e. The van der Waals surface area contributed by atoms with Gasteiger partial charge in [0.1, 0.15) is 0 Å². The molecule has 1 fully saturated rings. The fraction of sp³-hybridized carbons (Fsp3) is 0.100. The molecule has 5 aromatic carbocycles. The minimum absolute atomic E-state index is 0.902. The summed E-state index contributed by atoms with van der Waals surface area (Å²) in [6.45, 7) is 2.00. The maximum atomic E-state index is 4.94. The highest BCUT2D eigenvalue weighted by Gasteiger charge is 2.18. The van der Waals surface area contributed by atoms with E-state index in [1.165, 1.54) is 56.5 Å². The van der Waals surface area contributed by atoms with Gasteiger partial charge < -0.3 is 13.9 Å². The summed E-state index contributed by atoms with van der Waals surface area (Å²) in [5.41, 5.74) is 8.75. The third-order valence-electron chi connectivity index (χ3n) is 9.04. The molecule has 5 nitrogen and oxygen atoms in total. The fourth-order valence-corrected chi connectivity index (χ4v) is 7.06. The normalized spacial score (nSPS) is 13.3. The Hall–Kier alpha value is -5.52. The van der Waals surface area contributed by atoms with Crippen molar-refractivity contribution < 1.29 is 4.74 Å². The second-order valence-corrected chi connectivity index (χ2v) is 11.6. The molecule has 0 radical (unpaired) electrons. The molecule has 5 heteroatoms. The molecule has 4 aromatic heterocycles. The number of hydrogen-bond acceptors (Lipinski definition) is 3. The summed E-state index contributed by atoms with van der Waals surface area (Å²) in [7, 11) is 0. The molecule has 0 aliphatic carbocycles. The van der Waals surface area contributed by atoms with E-state index < -0.39 is 0 Å². The zero-order chi connectivity index (χ0) is 29.7. The molecule has 0 atom stereocenters. The average molecular weight is 583 g/mol. The predicted octanol–water partition coefficient (Wildman–Crippen LogP) is 9.77. The highest BCUT2D eigenvalue weighted by molar-refractivity contribution is 6.14. The molecule has 45 heavy (non-hydrogen) atoms. The zero-order valence-electron chi connectivity index (χ0n) is 24.7. The molecule has 0 N–H and O–H groups in total. The quantitative estimate of drug-likeness (QED) is 0.191. The largest absolute Gasteiger partial charge is 0.381 e. The van der Waals surface area contributed by atoms with Crippen LogP contribution in [0.4, 0.5) is 0 Å². The van der Waals surface area contributed by atoms with Gasteiger partial charge in [0.15, 0.2) is 0 Å². The van der Waals surface area contributed by atoms with E-state index in [1.54, 1.807) is 0 Å². The molecule has 0 spiro atoms.